The van der Waals surface area contributed by atoms with Gasteiger partial charge >= 0.3 is 0 Å². The molecule has 0 saturated heterocycles. The first kappa shape index (κ1) is 12.2. The first-order valence-electron chi connectivity index (χ1n) is 6.78. The predicted octanol–water partition coefficient (Wildman–Crippen LogP) is 2.62. The van der Waals surface area contributed by atoms with Gasteiger partial charge < -0.3 is 10.1 Å². The number of anilines is 1. The number of aryl methyl sites for hydroxylation is 1. The van der Waals surface area contributed by atoms with Crippen molar-refractivity contribution in [2.24, 2.45) is 0 Å². The number of fused-ring (bicyclic) bond motifs is 3. The average Bonchev–Trinajstić information content (AvgIpc) is 2.74. The molecule has 1 aliphatic rings. The number of H-pyrrole nitrogens is 1. The Labute approximate surface area is 113 Å². The molecule has 0 fully saturated rings. The smallest absolute Gasteiger partial charge is 0.151 e. The van der Waals surface area contributed by atoms with Crippen LogP contribution in [0, 0.1) is 0 Å². The Kier molecular flexibility index (Phi) is 3.51. The third-order valence-corrected chi connectivity index (χ3v) is 3.63. The van der Waals surface area contributed by atoms with E-state index in [2.05, 4.69) is 39.8 Å². The van der Waals surface area contributed by atoms with Crippen molar-refractivity contribution >= 4 is 5.82 Å². The van der Waals surface area contributed by atoms with Crippen LogP contribution < -0.4 is 5.32 Å². The van der Waals surface area contributed by atoms with Gasteiger partial charge in [-0.25, -0.2) is 0 Å². The summed E-state index contributed by atoms with van der Waals surface area (Å²) in [5.74, 6) is 0.976. The van der Waals surface area contributed by atoms with Crippen LogP contribution >= 0.6 is 0 Å². The Morgan fingerprint density at radius 1 is 1.32 bits per heavy atom. The molecule has 1 aromatic carbocycles. The van der Waals surface area contributed by atoms with Crippen LogP contribution in [0.25, 0.3) is 11.3 Å². The van der Waals surface area contributed by atoms with Crippen LogP contribution in [0.4, 0.5) is 5.82 Å². The van der Waals surface area contributed by atoms with Crippen LogP contribution in [0.3, 0.4) is 0 Å². The number of aromatic amines is 1. The molecule has 0 amide bonds. The van der Waals surface area contributed by atoms with Gasteiger partial charge in [0.2, 0.25) is 0 Å². The van der Waals surface area contributed by atoms with E-state index in [1.54, 1.807) is 7.11 Å². The molecule has 1 aliphatic carbocycles. The van der Waals surface area contributed by atoms with Gasteiger partial charge in [0, 0.05) is 24.8 Å². The van der Waals surface area contributed by atoms with E-state index in [1.165, 1.54) is 28.8 Å². The molecule has 1 aromatic heterocycles. The van der Waals surface area contributed by atoms with Crippen molar-refractivity contribution in [3.63, 3.8) is 0 Å². The summed E-state index contributed by atoms with van der Waals surface area (Å²) in [4.78, 5) is 0. The molecule has 0 aliphatic heterocycles. The van der Waals surface area contributed by atoms with Crippen molar-refractivity contribution in [2.45, 2.75) is 19.3 Å². The fourth-order valence-corrected chi connectivity index (χ4v) is 2.69. The number of aromatic nitrogens is 2. The fraction of sp³-hybridized carbons (Fsp3) is 0.400. The van der Waals surface area contributed by atoms with Crippen molar-refractivity contribution in [1.82, 2.24) is 10.2 Å². The van der Waals surface area contributed by atoms with Gasteiger partial charge in [-0.2, -0.15) is 5.10 Å². The van der Waals surface area contributed by atoms with Gasteiger partial charge in [0.05, 0.1) is 12.3 Å². The summed E-state index contributed by atoms with van der Waals surface area (Å²) in [5.41, 5.74) is 5.18. The lowest BCUT2D eigenvalue weighted by Crippen LogP contribution is -2.09. The summed E-state index contributed by atoms with van der Waals surface area (Å²) < 4.78 is 5.06. The topological polar surface area (TPSA) is 49.9 Å². The van der Waals surface area contributed by atoms with Crippen molar-refractivity contribution in [3.05, 3.63) is 35.4 Å². The second-order valence-electron chi connectivity index (χ2n) is 4.86. The summed E-state index contributed by atoms with van der Waals surface area (Å²) in [7, 11) is 1.71. The normalized spacial score (nSPS) is 13.5. The number of nitrogens with zero attached hydrogens (tertiary/aromatic N) is 1. The van der Waals surface area contributed by atoms with E-state index in [0.717, 1.165) is 25.2 Å². The fourth-order valence-electron chi connectivity index (χ4n) is 2.69. The first-order chi connectivity index (χ1) is 9.40. The van der Waals surface area contributed by atoms with Gasteiger partial charge in [0.15, 0.2) is 5.82 Å². The number of ether oxygens (including phenoxy) is 1. The minimum Gasteiger partial charge on any atom is -0.383 e. The molecule has 3 rings (SSSR count). The zero-order valence-corrected chi connectivity index (χ0v) is 11.2. The van der Waals surface area contributed by atoms with Crippen LogP contribution in [0.1, 0.15) is 17.5 Å². The summed E-state index contributed by atoms with van der Waals surface area (Å²) in [6, 6.07) is 8.59. The van der Waals surface area contributed by atoms with Crippen molar-refractivity contribution in [3.8, 4) is 11.3 Å². The molecule has 4 heteroatoms. The largest absolute Gasteiger partial charge is 0.383 e. The van der Waals surface area contributed by atoms with Crippen LogP contribution in [-0.4, -0.2) is 30.5 Å². The highest BCUT2D eigenvalue weighted by Gasteiger charge is 2.19. The van der Waals surface area contributed by atoms with Gasteiger partial charge in [-0.1, -0.05) is 24.3 Å². The second-order valence-corrected chi connectivity index (χ2v) is 4.86. The molecule has 1 heterocycles. The highest BCUT2D eigenvalue weighted by Crippen LogP contribution is 2.34. The number of hydrogen-bond donors (Lipinski definition) is 2. The average molecular weight is 257 g/mol. The molecule has 2 N–H and O–H groups in total. The van der Waals surface area contributed by atoms with E-state index in [1.807, 2.05) is 0 Å². The van der Waals surface area contributed by atoms with Gasteiger partial charge in [-0.3, -0.25) is 5.10 Å². The van der Waals surface area contributed by atoms with E-state index < -0.39 is 0 Å². The van der Waals surface area contributed by atoms with E-state index in [0.29, 0.717) is 6.61 Å². The Balaban J connectivity index is 1.93. The molecule has 0 saturated carbocycles. The third kappa shape index (κ3) is 2.36. The maximum absolute atomic E-state index is 5.06. The predicted molar refractivity (Wildman–Crippen MR) is 76.4 cm³/mol. The molecule has 0 unspecified atom stereocenters. The first-order valence-corrected chi connectivity index (χ1v) is 6.78. The van der Waals surface area contributed by atoms with Crippen LogP contribution in [0.2, 0.25) is 0 Å². The van der Waals surface area contributed by atoms with Gasteiger partial charge in [-0.15, -0.1) is 0 Å². The molecule has 19 heavy (non-hydrogen) atoms. The monoisotopic (exact) mass is 257 g/mol. The van der Waals surface area contributed by atoms with Crippen LogP contribution in [0.15, 0.2) is 24.3 Å². The lowest BCUT2D eigenvalue weighted by atomic mass is 10.0. The SMILES string of the molecule is COCCNc1n[nH]c2c1CCCc1ccccc1-2. The Bertz CT molecular complexity index is 562. The summed E-state index contributed by atoms with van der Waals surface area (Å²) in [6.45, 7) is 1.48. The second kappa shape index (κ2) is 5.45. The van der Waals surface area contributed by atoms with Gasteiger partial charge in [0.25, 0.3) is 0 Å². The van der Waals surface area contributed by atoms with E-state index >= 15 is 0 Å². The summed E-state index contributed by atoms with van der Waals surface area (Å²) in [5, 5.41) is 11.0. The maximum atomic E-state index is 5.06. The number of hydrogen-bond acceptors (Lipinski definition) is 3. The minimum atomic E-state index is 0.693. The quantitative estimate of drug-likeness (QED) is 0.828. The molecule has 0 bridgehead atoms. The van der Waals surface area contributed by atoms with E-state index in [4.69, 9.17) is 4.74 Å². The number of rotatable bonds is 4. The molecular formula is C15H19N3O. The van der Waals surface area contributed by atoms with Crippen LogP contribution in [0.5, 0.6) is 0 Å². The minimum absolute atomic E-state index is 0.693. The Morgan fingerprint density at radius 3 is 3.11 bits per heavy atom. The standard InChI is InChI=1S/C15H19N3O/c1-19-10-9-16-15-13-8-4-6-11-5-2-3-7-12(11)14(13)17-18-15/h2-3,5,7H,4,6,8-10H2,1H3,(H2,16,17,18). The molecule has 0 atom stereocenters. The molecule has 0 radical (unpaired) electrons. The third-order valence-electron chi connectivity index (χ3n) is 3.63. The highest BCUT2D eigenvalue weighted by molar-refractivity contribution is 5.72. The number of nitrogens with one attached hydrogen (secondary N) is 2. The van der Waals surface area contributed by atoms with E-state index in [-0.39, 0.29) is 0 Å². The molecule has 2 aromatic rings. The maximum Gasteiger partial charge on any atom is 0.151 e. The molecule has 0 spiro atoms. The number of benzene rings is 1. The lowest BCUT2D eigenvalue weighted by molar-refractivity contribution is 0.210. The van der Waals surface area contributed by atoms with Gasteiger partial charge in [-0.05, 0) is 24.8 Å². The lowest BCUT2D eigenvalue weighted by Gasteiger charge is -2.05. The molecule has 100 valence electrons. The molecular weight excluding hydrogens is 238 g/mol. The number of methoxy groups -OCH3 is 1. The summed E-state index contributed by atoms with van der Waals surface area (Å²) in [6.07, 6.45) is 3.37. The molecule has 4 nitrogen and oxygen atoms in total. The highest BCUT2D eigenvalue weighted by atomic mass is 16.5. The Morgan fingerprint density at radius 2 is 2.21 bits per heavy atom. The van der Waals surface area contributed by atoms with Gasteiger partial charge in [0.1, 0.15) is 0 Å². The zero-order valence-electron chi connectivity index (χ0n) is 11.2. The van der Waals surface area contributed by atoms with Crippen molar-refractivity contribution in [1.29, 1.82) is 0 Å². The zero-order chi connectivity index (χ0) is 13.1. The van der Waals surface area contributed by atoms with Crippen molar-refractivity contribution in [2.75, 3.05) is 25.6 Å². The summed E-state index contributed by atoms with van der Waals surface area (Å²) >= 11 is 0. The van der Waals surface area contributed by atoms with E-state index in [9.17, 15) is 0 Å². The van der Waals surface area contributed by atoms with Crippen molar-refractivity contribution < 1.29 is 4.74 Å². The van der Waals surface area contributed by atoms with Crippen LogP contribution in [-0.2, 0) is 17.6 Å². The Hall–Kier alpha value is -1.81.